The molecule has 3 heterocycles. The number of aryl methyl sites for hydroxylation is 3. The number of amides is 1. The van der Waals surface area contributed by atoms with Crippen molar-refractivity contribution >= 4 is 11.6 Å². The summed E-state index contributed by atoms with van der Waals surface area (Å²) in [6, 6.07) is 1.90. The molecule has 0 aliphatic heterocycles. The van der Waals surface area contributed by atoms with E-state index in [1.54, 1.807) is 16.9 Å². The van der Waals surface area contributed by atoms with Crippen LogP contribution < -0.4 is 5.32 Å². The zero-order chi connectivity index (χ0) is 16.7. The van der Waals surface area contributed by atoms with Crippen LogP contribution in [0.15, 0.2) is 24.7 Å². The Morgan fingerprint density at radius 3 is 3.08 bits per heavy atom. The van der Waals surface area contributed by atoms with Gasteiger partial charge >= 0.3 is 0 Å². The summed E-state index contributed by atoms with van der Waals surface area (Å²) < 4.78 is 1.62. The second kappa shape index (κ2) is 5.67. The number of hydrogen-bond donors (Lipinski definition) is 1. The van der Waals surface area contributed by atoms with E-state index in [2.05, 4.69) is 25.4 Å². The number of hydrogen-bond acceptors (Lipinski definition) is 5. The van der Waals surface area contributed by atoms with Crippen molar-refractivity contribution in [1.29, 1.82) is 0 Å². The summed E-state index contributed by atoms with van der Waals surface area (Å²) in [5.74, 6) is 0.685. The van der Waals surface area contributed by atoms with Gasteiger partial charge in [-0.05, 0) is 38.7 Å². The van der Waals surface area contributed by atoms with Crippen molar-refractivity contribution in [2.45, 2.75) is 39.2 Å². The third-order valence-corrected chi connectivity index (χ3v) is 4.42. The number of carbonyl (C=O) groups excluding carboxylic acids is 1. The molecule has 1 N–H and O–H groups in total. The van der Waals surface area contributed by atoms with Crippen LogP contribution in [-0.2, 0) is 12.8 Å². The quantitative estimate of drug-likeness (QED) is 0.771. The Hall–Kier alpha value is -2.83. The molecule has 7 nitrogen and oxygen atoms in total. The average Bonchev–Trinajstić information content (AvgIpc) is 3.01. The first-order valence-corrected chi connectivity index (χ1v) is 8.03. The minimum Gasteiger partial charge on any atom is -0.349 e. The molecule has 1 aliphatic rings. The molecule has 0 radical (unpaired) electrons. The standard InChI is InChI=1S/C17H18N6O/c1-10-14(9-23-16(20-10)5-6-19-23)17(24)22-13-3-4-15-12(7-13)8-18-11(2)21-15/h5-6,8-9,13H,3-4,7H2,1-2H3,(H,22,24). The average molecular weight is 322 g/mol. The van der Waals surface area contributed by atoms with Gasteiger partial charge in [0, 0.05) is 30.2 Å². The van der Waals surface area contributed by atoms with Gasteiger partial charge < -0.3 is 5.32 Å². The Kier molecular flexibility index (Phi) is 3.48. The van der Waals surface area contributed by atoms with Gasteiger partial charge in [0.15, 0.2) is 5.65 Å². The van der Waals surface area contributed by atoms with Crippen LogP contribution in [0.5, 0.6) is 0 Å². The SMILES string of the molecule is Cc1ncc2c(n1)CCC(NC(=O)c1cn3nccc3nc1C)C2. The van der Waals surface area contributed by atoms with E-state index < -0.39 is 0 Å². The third kappa shape index (κ3) is 2.62. The molecule has 0 spiro atoms. The van der Waals surface area contributed by atoms with E-state index in [9.17, 15) is 4.79 Å². The Bertz CT molecular complexity index is 932. The molecule has 24 heavy (non-hydrogen) atoms. The van der Waals surface area contributed by atoms with Crippen LogP contribution >= 0.6 is 0 Å². The molecule has 0 fully saturated rings. The maximum Gasteiger partial charge on any atom is 0.254 e. The number of nitrogens with one attached hydrogen (secondary N) is 1. The first kappa shape index (κ1) is 14.7. The summed E-state index contributed by atoms with van der Waals surface area (Å²) in [5.41, 5.74) is 4.22. The number of nitrogens with zero attached hydrogens (tertiary/aromatic N) is 5. The lowest BCUT2D eigenvalue weighted by molar-refractivity contribution is 0.0932. The van der Waals surface area contributed by atoms with Gasteiger partial charge in [0.2, 0.25) is 0 Å². The van der Waals surface area contributed by atoms with Crippen molar-refractivity contribution in [1.82, 2.24) is 29.9 Å². The number of carbonyl (C=O) groups is 1. The summed E-state index contributed by atoms with van der Waals surface area (Å²) in [6.45, 7) is 3.74. The highest BCUT2D eigenvalue weighted by Crippen LogP contribution is 2.19. The number of rotatable bonds is 2. The minimum absolute atomic E-state index is 0.0871. The maximum absolute atomic E-state index is 12.6. The third-order valence-electron chi connectivity index (χ3n) is 4.42. The topological polar surface area (TPSA) is 85.1 Å². The molecule has 1 aliphatic carbocycles. The Balaban J connectivity index is 1.53. The molecule has 3 aromatic heterocycles. The fourth-order valence-corrected chi connectivity index (χ4v) is 3.16. The van der Waals surface area contributed by atoms with Gasteiger partial charge in [-0.2, -0.15) is 5.10 Å². The molecule has 1 unspecified atom stereocenters. The van der Waals surface area contributed by atoms with E-state index in [0.29, 0.717) is 11.3 Å². The fraction of sp³-hybridized carbons (Fsp3) is 0.353. The van der Waals surface area contributed by atoms with Crippen molar-refractivity contribution in [3.63, 3.8) is 0 Å². The molecular weight excluding hydrogens is 304 g/mol. The zero-order valence-corrected chi connectivity index (χ0v) is 13.7. The second-order valence-corrected chi connectivity index (χ2v) is 6.18. The van der Waals surface area contributed by atoms with Gasteiger partial charge in [0.05, 0.1) is 17.5 Å². The highest BCUT2D eigenvalue weighted by molar-refractivity contribution is 5.95. The largest absolute Gasteiger partial charge is 0.349 e. The van der Waals surface area contributed by atoms with Crippen LogP contribution in [0.1, 0.15) is 39.6 Å². The highest BCUT2D eigenvalue weighted by atomic mass is 16.1. The molecule has 1 amide bonds. The molecule has 3 aromatic rings. The summed E-state index contributed by atoms with van der Waals surface area (Å²) in [4.78, 5) is 25.8. The summed E-state index contributed by atoms with van der Waals surface area (Å²) in [5, 5.41) is 7.26. The molecular formula is C17H18N6O. The van der Waals surface area contributed by atoms with Crippen LogP contribution in [0, 0.1) is 13.8 Å². The lowest BCUT2D eigenvalue weighted by Crippen LogP contribution is -2.39. The zero-order valence-electron chi connectivity index (χ0n) is 13.7. The fourth-order valence-electron chi connectivity index (χ4n) is 3.16. The predicted molar refractivity (Wildman–Crippen MR) is 87.8 cm³/mol. The molecule has 0 saturated carbocycles. The van der Waals surface area contributed by atoms with Crippen LogP contribution in [0.4, 0.5) is 0 Å². The summed E-state index contributed by atoms with van der Waals surface area (Å²) >= 11 is 0. The Morgan fingerprint density at radius 1 is 1.33 bits per heavy atom. The lowest BCUT2D eigenvalue weighted by Gasteiger charge is -2.25. The van der Waals surface area contributed by atoms with Crippen molar-refractivity contribution in [3.8, 4) is 0 Å². The van der Waals surface area contributed by atoms with Gasteiger partial charge in [-0.25, -0.2) is 19.5 Å². The van der Waals surface area contributed by atoms with Crippen molar-refractivity contribution < 1.29 is 4.79 Å². The monoisotopic (exact) mass is 322 g/mol. The van der Waals surface area contributed by atoms with E-state index in [1.165, 1.54) is 0 Å². The van der Waals surface area contributed by atoms with E-state index in [1.807, 2.05) is 26.1 Å². The second-order valence-electron chi connectivity index (χ2n) is 6.18. The number of fused-ring (bicyclic) bond motifs is 2. The summed E-state index contributed by atoms with van der Waals surface area (Å²) in [7, 11) is 0. The maximum atomic E-state index is 12.6. The molecule has 0 bridgehead atoms. The van der Waals surface area contributed by atoms with Gasteiger partial charge in [0.25, 0.3) is 5.91 Å². The first-order chi connectivity index (χ1) is 11.6. The van der Waals surface area contributed by atoms with E-state index >= 15 is 0 Å². The van der Waals surface area contributed by atoms with Crippen LogP contribution in [-0.4, -0.2) is 36.5 Å². The smallest absolute Gasteiger partial charge is 0.254 e. The molecule has 0 saturated heterocycles. The molecule has 0 aromatic carbocycles. The van der Waals surface area contributed by atoms with Crippen LogP contribution in [0.3, 0.4) is 0 Å². The predicted octanol–water partition coefficient (Wildman–Crippen LogP) is 1.42. The van der Waals surface area contributed by atoms with Gasteiger partial charge in [-0.1, -0.05) is 0 Å². The number of aromatic nitrogens is 5. The van der Waals surface area contributed by atoms with Gasteiger partial charge in [-0.15, -0.1) is 0 Å². The molecule has 122 valence electrons. The molecule has 1 atom stereocenters. The van der Waals surface area contributed by atoms with E-state index in [4.69, 9.17) is 0 Å². The molecule has 7 heteroatoms. The van der Waals surface area contributed by atoms with E-state index in [0.717, 1.165) is 42.0 Å². The Morgan fingerprint density at radius 2 is 2.21 bits per heavy atom. The minimum atomic E-state index is -0.112. The van der Waals surface area contributed by atoms with Crippen LogP contribution in [0.25, 0.3) is 5.65 Å². The van der Waals surface area contributed by atoms with Crippen molar-refractivity contribution in [3.05, 3.63) is 53.0 Å². The van der Waals surface area contributed by atoms with Gasteiger partial charge in [-0.3, -0.25) is 4.79 Å². The normalized spacial score (nSPS) is 16.8. The van der Waals surface area contributed by atoms with Gasteiger partial charge in [0.1, 0.15) is 5.82 Å². The Labute approximate surface area is 139 Å². The first-order valence-electron chi connectivity index (χ1n) is 8.03. The lowest BCUT2D eigenvalue weighted by atomic mass is 9.92. The van der Waals surface area contributed by atoms with Crippen molar-refractivity contribution in [2.75, 3.05) is 0 Å². The highest BCUT2D eigenvalue weighted by Gasteiger charge is 2.23. The summed E-state index contributed by atoms with van der Waals surface area (Å²) in [6.07, 6.45) is 7.78. The van der Waals surface area contributed by atoms with Crippen molar-refractivity contribution in [2.24, 2.45) is 0 Å². The van der Waals surface area contributed by atoms with Crippen LogP contribution in [0.2, 0.25) is 0 Å². The van der Waals surface area contributed by atoms with E-state index in [-0.39, 0.29) is 11.9 Å². The molecule has 4 rings (SSSR count).